The Morgan fingerprint density at radius 1 is 1.43 bits per heavy atom. The molecule has 1 saturated carbocycles. The molecule has 118 valence electrons. The zero-order valence-electron chi connectivity index (χ0n) is 13.2. The van der Waals surface area contributed by atoms with Gasteiger partial charge in [0.15, 0.2) is 0 Å². The SMILES string of the molecule is CC(NC1CCCC1NC(=O)OC(C)(C)C)c1cscn1. The van der Waals surface area contributed by atoms with E-state index in [4.69, 9.17) is 4.74 Å². The number of carbonyl (C=O) groups is 1. The van der Waals surface area contributed by atoms with Crippen LogP contribution in [0.5, 0.6) is 0 Å². The first-order valence-electron chi connectivity index (χ1n) is 7.49. The number of rotatable bonds is 4. The molecule has 1 aliphatic carbocycles. The fourth-order valence-electron chi connectivity index (χ4n) is 2.63. The van der Waals surface area contributed by atoms with Crippen molar-refractivity contribution in [1.29, 1.82) is 0 Å². The fourth-order valence-corrected chi connectivity index (χ4v) is 3.28. The maximum absolute atomic E-state index is 11.9. The van der Waals surface area contributed by atoms with Gasteiger partial charge in [-0.15, -0.1) is 11.3 Å². The molecular weight excluding hydrogens is 286 g/mol. The summed E-state index contributed by atoms with van der Waals surface area (Å²) in [5, 5.41) is 8.63. The Labute approximate surface area is 130 Å². The van der Waals surface area contributed by atoms with Crippen molar-refractivity contribution in [3.8, 4) is 0 Å². The van der Waals surface area contributed by atoms with Crippen LogP contribution in [0.25, 0.3) is 0 Å². The molecule has 3 atom stereocenters. The third-order valence-corrected chi connectivity index (χ3v) is 4.18. The van der Waals surface area contributed by atoms with E-state index in [1.54, 1.807) is 11.3 Å². The van der Waals surface area contributed by atoms with E-state index in [2.05, 4.69) is 27.9 Å². The molecule has 0 aromatic carbocycles. The van der Waals surface area contributed by atoms with E-state index < -0.39 is 5.60 Å². The van der Waals surface area contributed by atoms with Crippen molar-refractivity contribution in [2.75, 3.05) is 0 Å². The molecule has 0 spiro atoms. The molecule has 3 unspecified atom stereocenters. The summed E-state index contributed by atoms with van der Waals surface area (Å²) >= 11 is 1.60. The highest BCUT2D eigenvalue weighted by Crippen LogP contribution is 2.23. The number of aromatic nitrogens is 1. The van der Waals surface area contributed by atoms with Crippen molar-refractivity contribution in [3.05, 3.63) is 16.6 Å². The number of carbonyl (C=O) groups excluding carboxylic acids is 1. The van der Waals surface area contributed by atoms with Gasteiger partial charge in [0.05, 0.1) is 11.2 Å². The molecule has 1 aromatic heterocycles. The van der Waals surface area contributed by atoms with Gasteiger partial charge in [0.25, 0.3) is 0 Å². The summed E-state index contributed by atoms with van der Waals surface area (Å²) < 4.78 is 5.34. The van der Waals surface area contributed by atoms with Crippen LogP contribution < -0.4 is 10.6 Å². The topological polar surface area (TPSA) is 63.2 Å². The molecule has 0 bridgehead atoms. The van der Waals surface area contributed by atoms with E-state index >= 15 is 0 Å². The lowest BCUT2D eigenvalue weighted by Crippen LogP contribution is -2.48. The Kier molecular flexibility index (Phi) is 5.22. The maximum atomic E-state index is 11.9. The molecule has 0 aliphatic heterocycles. The van der Waals surface area contributed by atoms with Crippen LogP contribution in [0.15, 0.2) is 10.9 Å². The lowest BCUT2D eigenvalue weighted by atomic mass is 10.1. The molecule has 6 heteroatoms. The van der Waals surface area contributed by atoms with Crippen LogP contribution in [0.4, 0.5) is 4.79 Å². The Morgan fingerprint density at radius 2 is 2.14 bits per heavy atom. The summed E-state index contributed by atoms with van der Waals surface area (Å²) in [5.41, 5.74) is 2.45. The molecule has 1 fully saturated rings. The summed E-state index contributed by atoms with van der Waals surface area (Å²) in [4.78, 5) is 16.2. The van der Waals surface area contributed by atoms with E-state index in [1.165, 1.54) is 0 Å². The third-order valence-electron chi connectivity index (χ3n) is 3.58. The van der Waals surface area contributed by atoms with Gasteiger partial charge in [-0.3, -0.25) is 0 Å². The third kappa shape index (κ3) is 4.97. The van der Waals surface area contributed by atoms with Gasteiger partial charge < -0.3 is 15.4 Å². The van der Waals surface area contributed by atoms with Crippen LogP contribution in [0, 0.1) is 0 Å². The van der Waals surface area contributed by atoms with Crippen molar-refractivity contribution < 1.29 is 9.53 Å². The second-order valence-corrected chi connectivity index (χ2v) is 7.31. The molecular formula is C15H25N3O2S. The molecule has 1 aromatic rings. The van der Waals surface area contributed by atoms with E-state index in [0.29, 0.717) is 0 Å². The summed E-state index contributed by atoms with van der Waals surface area (Å²) in [6.45, 7) is 7.74. The Balaban J connectivity index is 1.87. The van der Waals surface area contributed by atoms with Crippen molar-refractivity contribution in [3.63, 3.8) is 0 Å². The van der Waals surface area contributed by atoms with Crippen molar-refractivity contribution in [2.24, 2.45) is 0 Å². The minimum atomic E-state index is -0.459. The van der Waals surface area contributed by atoms with Crippen LogP contribution in [-0.4, -0.2) is 28.8 Å². The van der Waals surface area contributed by atoms with E-state index in [1.807, 2.05) is 26.3 Å². The van der Waals surface area contributed by atoms with Gasteiger partial charge in [-0.05, 0) is 47.0 Å². The molecule has 1 aliphatic rings. The average molecular weight is 311 g/mol. The van der Waals surface area contributed by atoms with Gasteiger partial charge in [0.1, 0.15) is 5.60 Å². The predicted octanol–water partition coefficient (Wildman–Crippen LogP) is 3.24. The highest BCUT2D eigenvalue weighted by Gasteiger charge is 2.31. The summed E-state index contributed by atoms with van der Waals surface area (Å²) in [5.74, 6) is 0. The first-order valence-corrected chi connectivity index (χ1v) is 8.43. The van der Waals surface area contributed by atoms with E-state index in [-0.39, 0.29) is 24.2 Å². The first kappa shape index (κ1) is 16.2. The highest BCUT2D eigenvalue weighted by atomic mass is 32.1. The van der Waals surface area contributed by atoms with Gasteiger partial charge in [-0.2, -0.15) is 0 Å². The zero-order valence-corrected chi connectivity index (χ0v) is 14.0. The second kappa shape index (κ2) is 6.75. The molecule has 2 N–H and O–H groups in total. The molecule has 21 heavy (non-hydrogen) atoms. The first-order chi connectivity index (χ1) is 9.85. The van der Waals surface area contributed by atoms with Crippen LogP contribution in [-0.2, 0) is 4.74 Å². The normalized spacial score (nSPS) is 23.8. The minimum absolute atomic E-state index is 0.126. The van der Waals surface area contributed by atoms with Gasteiger partial charge in [-0.25, -0.2) is 9.78 Å². The van der Waals surface area contributed by atoms with Gasteiger partial charge >= 0.3 is 6.09 Å². The number of hydrogen-bond acceptors (Lipinski definition) is 5. The average Bonchev–Trinajstić information content (AvgIpc) is 2.98. The Morgan fingerprint density at radius 3 is 2.76 bits per heavy atom. The summed E-state index contributed by atoms with van der Waals surface area (Å²) in [6, 6.07) is 0.595. The monoisotopic (exact) mass is 311 g/mol. The number of thiazole rings is 1. The lowest BCUT2D eigenvalue weighted by Gasteiger charge is -2.27. The molecule has 1 amide bonds. The van der Waals surface area contributed by atoms with Crippen molar-refractivity contribution in [1.82, 2.24) is 15.6 Å². The molecule has 0 saturated heterocycles. The number of ether oxygens (including phenoxy) is 1. The van der Waals surface area contributed by atoms with Crippen LogP contribution in [0.3, 0.4) is 0 Å². The smallest absolute Gasteiger partial charge is 0.407 e. The summed E-state index contributed by atoms with van der Waals surface area (Å²) in [6.07, 6.45) is 2.83. The largest absolute Gasteiger partial charge is 0.444 e. The minimum Gasteiger partial charge on any atom is -0.444 e. The Bertz CT molecular complexity index is 456. The fraction of sp³-hybridized carbons (Fsp3) is 0.733. The van der Waals surface area contributed by atoms with Crippen LogP contribution in [0.1, 0.15) is 58.7 Å². The standard InChI is InChI=1S/C15H25N3O2S/c1-10(13-8-21-9-16-13)17-11-6-5-7-12(11)18-14(19)20-15(2,3)4/h8-12,17H,5-7H2,1-4H3,(H,18,19). The second-order valence-electron chi connectivity index (χ2n) is 6.59. The maximum Gasteiger partial charge on any atom is 0.407 e. The molecule has 2 rings (SSSR count). The summed E-state index contributed by atoms with van der Waals surface area (Å²) in [7, 11) is 0. The molecule has 0 radical (unpaired) electrons. The van der Waals surface area contributed by atoms with E-state index in [9.17, 15) is 4.79 Å². The molecule has 1 heterocycles. The molecule has 5 nitrogen and oxygen atoms in total. The number of hydrogen-bond donors (Lipinski definition) is 2. The van der Waals surface area contributed by atoms with E-state index in [0.717, 1.165) is 25.0 Å². The van der Waals surface area contributed by atoms with Crippen molar-refractivity contribution >= 4 is 17.4 Å². The van der Waals surface area contributed by atoms with Crippen molar-refractivity contribution in [2.45, 2.75) is 70.7 Å². The lowest BCUT2D eigenvalue weighted by molar-refractivity contribution is 0.0497. The Hall–Kier alpha value is -1.14. The number of amides is 1. The van der Waals surface area contributed by atoms with Gasteiger partial charge in [0, 0.05) is 23.5 Å². The van der Waals surface area contributed by atoms with Crippen LogP contribution >= 0.6 is 11.3 Å². The number of nitrogens with one attached hydrogen (secondary N) is 2. The quantitative estimate of drug-likeness (QED) is 0.896. The van der Waals surface area contributed by atoms with Gasteiger partial charge in [0.2, 0.25) is 0 Å². The van der Waals surface area contributed by atoms with Gasteiger partial charge in [-0.1, -0.05) is 0 Å². The predicted molar refractivity (Wildman–Crippen MR) is 84.5 cm³/mol. The highest BCUT2D eigenvalue weighted by molar-refractivity contribution is 7.07. The van der Waals surface area contributed by atoms with Crippen LogP contribution in [0.2, 0.25) is 0 Å². The number of alkyl carbamates (subject to hydrolysis) is 1. The number of nitrogens with zero attached hydrogens (tertiary/aromatic N) is 1. The zero-order chi connectivity index (χ0) is 15.5.